The first-order chi connectivity index (χ1) is 7.81. The maximum Gasteiger partial charge on any atom is 0.132 e. The maximum absolute atomic E-state index is 11.4. The number of ketones is 1. The lowest BCUT2D eigenvalue weighted by atomic mass is 10.1. The second-order valence-electron chi connectivity index (χ2n) is 3.85. The molecular formula is C13H26O3. The van der Waals surface area contributed by atoms with E-state index >= 15 is 0 Å². The van der Waals surface area contributed by atoms with Crippen molar-refractivity contribution in [2.45, 2.75) is 52.4 Å². The molecule has 0 aliphatic carbocycles. The smallest absolute Gasteiger partial charge is 0.132 e. The van der Waals surface area contributed by atoms with E-state index in [1.807, 2.05) is 13.8 Å². The minimum absolute atomic E-state index is 0.382. The molecule has 0 aliphatic rings. The molecular weight excluding hydrogens is 204 g/mol. The molecule has 0 spiro atoms. The Morgan fingerprint density at radius 1 is 0.812 bits per heavy atom. The third kappa shape index (κ3) is 11.7. The van der Waals surface area contributed by atoms with E-state index in [9.17, 15) is 4.79 Å². The van der Waals surface area contributed by atoms with Crippen molar-refractivity contribution in [2.24, 2.45) is 0 Å². The third-order valence-electron chi connectivity index (χ3n) is 2.40. The van der Waals surface area contributed by atoms with Crippen LogP contribution in [0, 0.1) is 0 Å². The van der Waals surface area contributed by atoms with Crippen LogP contribution in [0.5, 0.6) is 0 Å². The topological polar surface area (TPSA) is 35.5 Å². The van der Waals surface area contributed by atoms with Gasteiger partial charge < -0.3 is 9.47 Å². The lowest BCUT2D eigenvalue weighted by Crippen LogP contribution is -2.01. The van der Waals surface area contributed by atoms with Gasteiger partial charge in [0.25, 0.3) is 0 Å². The van der Waals surface area contributed by atoms with Crippen molar-refractivity contribution in [1.29, 1.82) is 0 Å². The zero-order chi connectivity index (χ0) is 12.1. The SMILES string of the molecule is CCOCCCCC(=O)CCCCOCC. The fourth-order valence-corrected chi connectivity index (χ4v) is 1.47. The summed E-state index contributed by atoms with van der Waals surface area (Å²) in [4.78, 5) is 11.4. The predicted molar refractivity (Wildman–Crippen MR) is 65.7 cm³/mol. The van der Waals surface area contributed by atoms with E-state index in [4.69, 9.17) is 9.47 Å². The van der Waals surface area contributed by atoms with Crippen LogP contribution >= 0.6 is 0 Å². The Labute approximate surface area is 99.5 Å². The van der Waals surface area contributed by atoms with Crippen molar-refractivity contribution >= 4 is 5.78 Å². The largest absolute Gasteiger partial charge is 0.382 e. The Kier molecular flexibility index (Phi) is 12.3. The second kappa shape index (κ2) is 12.7. The van der Waals surface area contributed by atoms with E-state index in [1.165, 1.54) is 0 Å². The van der Waals surface area contributed by atoms with Gasteiger partial charge in [0.1, 0.15) is 5.78 Å². The van der Waals surface area contributed by atoms with E-state index in [0.29, 0.717) is 18.6 Å². The van der Waals surface area contributed by atoms with Gasteiger partial charge in [-0.15, -0.1) is 0 Å². The molecule has 0 atom stereocenters. The molecule has 0 bridgehead atoms. The van der Waals surface area contributed by atoms with Crippen molar-refractivity contribution < 1.29 is 14.3 Å². The number of Topliss-reactive ketones (excluding diaryl/α,β-unsaturated/α-hetero) is 1. The van der Waals surface area contributed by atoms with Crippen LogP contribution in [0.2, 0.25) is 0 Å². The van der Waals surface area contributed by atoms with Gasteiger partial charge in [-0.25, -0.2) is 0 Å². The molecule has 0 aromatic carbocycles. The molecule has 0 saturated carbocycles. The minimum atomic E-state index is 0.382. The Bertz CT molecular complexity index is 141. The molecule has 0 fully saturated rings. The van der Waals surface area contributed by atoms with Gasteiger partial charge in [0.15, 0.2) is 0 Å². The molecule has 0 aromatic heterocycles. The zero-order valence-corrected chi connectivity index (χ0v) is 10.8. The van der Waals surface area contributed by atoms with E-state index in [0.717, 1.165) is 52.1 Å². The predicted octanol–water partition coefficient (Wildman–Crippen LogP) is 2.97. The number of unbranched alkanes of at least 4 members (excludes halogenated alkanes) is 2. The summed E-state index contributed by atoms with van der Waals surface area (Å²) < 4.78 is 10.4. The fourth-order valence-electron chi connectivity index (χ4n) is 1.47. The van der Waals surface area contributed by atoms with E-state index < -0.39 is 0 Å². The van der Waals surface area contributed by atoms with Crippen molar-refractivity contribution in [1.82, 2.24) is 0 Å². The second-order valence-corrected chi connectivity index (χ2v) is 3.85. The van der Waals surface area contributed by atoms with Crippen molar-refractivity contribution in [3.05, 3.63) is 0 Å². The van der Waals surface area contributed by atoms with Crippen LogP contribution in [0.25, 0.3) is 0 Å². The number of carbonyl (C=O) groups is 1. The van der Waals surface area contributed by atoms with Gasteiger partial charge in [-0.05, 0) is 39.5 Å². The summed E-state index contributed by atoms with van der Waals surface area (Å²) in [6, 6.07) is 0. The highest BCUT2D eigenvalue weighted by molar-refractivity contribution is 5.78. The Balaban J connectivity index is 3.12. The number of hydrogen-bond donors (Lipinski definition) is 0. The van der Waals surface area contributed by atoms with Gasteiger partial charge in [-0.2, -0.15) is 0 Å². The molecule has 0 unspecified atom stereocenters. The first-order valence-electron chi connectivity index (χ1n) is 6.48. The minimum Gasteiger partial charge on any atom is -0.382 e. The Morgan fingerprint density at radius 2 is 1.25 bits per heavy atom. The van der Waals surface area contributed by atoms with E-state index in [2.05, 4.69) is 0 Å². The van der Waals surface area contributed by atoms with Gasteiger partial charge in [0.05, 0.1) is 0 Å². The van der Waals surface area contributed by atoms with Crippen LogP contribution in [0.15, 0.2) is 0 Å². The fraction of sp³-hybridized carbons (Fsp3) is 0.923. The van der Waals surface area contributed by atoms with Crippen LogP contribution < -0.4 is 0 Å². The molecule has 0 aliphatic heterocycles. The maximum atomic E-state index is 11.4. The van der Waals surface area contributed by atoms with Crippen molar-refractivity contribution in [3.8, 4) is 0 Å². The molecule has 0 rings (SSSR count). The molecule has 3 nitrogen and oxygen atoms in total. The van der Waals surface area contributed by atoms with Crippen LogP contribution in [-0.4, -0.2) is 32.2 Å². The average molecular weight is 230 g/mol. The molecule has 96 valence electrons. The van der Waals surface area contributed by atoms with Crippen LogP contribution in [0.4, 0.5) is 0 Å². The molecule has 0 radical (unpaired) electrons. The number of hydrogen-bond acceptors (Lipinski definition) is 3. The highest BCUT2D eigenvalue weighted by Gasteiger charge is 2.01. The summed E-state index contributed by atoms with van der Waals surface area (Å²) in [6.07, 6.45) is 5.34. The van der Waals surface area contributed by atoms with Crippen molar-refractivity contribution in [3.63, 3.8) is 0 Å². The highest BCUT2D eigenvalue weighted by atomic mass is 16.5. The summed E-state index contributed by atoms with van der Waals surface area (Å²) in [6.45, 7) is 7.09. The molecule has 0 saturated heterocycles. The van der Waals surface area contributed by atoms with Gasteiger partial charge in [0.2, 0.25) is 0 Å². The quantitative estimate of drug-likeness (QED) is 0.483. The van der Waals surface area contributed by atoms with Crippen LogP contribution in [-0.2, 0) is 14.3 Å². The Morgan fingerprint density at radius 3 is 1.62 bits per heavy atom. The number of carbonyl (C=O) groups excluding carboxylic acids is 1. The highest BCUT2D eigenvalue weighted by Crippen LogP contribution is 2.04. The van der Waals surface area contributed by atoms with Crippen LogP contribution in [0.3, 0.4) is 0 Å². The monoisotopic (exact) mass is 230 g/mol. The van der Waals surface area contributed by atoms with Gasteiger partial charge >= 0.3 is 0 Å². The molecule has 0 heterocycles. The summed E-state index contributed by atoms with van der Waals surface area (Å²) in [5.74, 6) is 0.382. The standard InChI is InChI=1S/C13H26O3/c1-3-15-11-7-5-9-13(14)10-6-8-12-16-4-2/h3-12H2,1-2H3. The van der Waals surface area contributed by atoms with Gasteiger partial charge in [0, 0.05) is 39.3 Å². The van der Waals surface area contributed by atoms with Gasteiger partial charge in [-0.1, -0.05) is 0 Å². The molecule has 0 N–H and O–H groups in total. The summed E-state index contributed by atoms with van der Waals surface area (Å²) in [7, 11) is 0. The summed E-state index contributed by atoms with van der Waals surface area (Å²) >= 11 is 0. The van der Waals surface area contributed by atoms with Gasteiger partial charge in [-0.3, -0.25) is 4.79 Å². The van der Waals surface area contributed by atoms with Crippen molar-refractivity contribution in [2.75, 3.05) is 26.4 Å². The lowest BCUT2D eigenvalue weighted by Gasteiger charge is -2.02. The first kappa shape index (κ1) is 15.6. The Hall–Kier alpha value is -0.410. The number of rotatable bonds is 12. The zero-order valence-electron chi connectivity index (χ0n) is 10.8. The number of ether oxygens (including phenoxy) is 2. The molecule has 16 heavy (non-hydrogen) atoms. The summed E-state index contributed by atoms with van der Waals surface area (Å²) in [5.41, 5.74) is 0. The average Bonchev–Trinajstić information content (AvgIpc) is 2.28. The first-order valence-corrected chi connectivity index (χ1v) is 6.48. The van der Waals surface area contributed by atoms with E-state index in [-0.39, 0.29) is 0 Å². The third-order valence-corrected chi connectivity index (χ3v) is 2.40. The summed E-state index contributed by atoms with van der Waals surface area (Å²) in [5, 5.41) is 0. The molecule has 0 amide bonds. The molecule has 0 aromatic rings. The van der Waals surface area contributed by atoms with E-state index in [1.54, 1.807) is 0 Å². The van der Waals surface area contributed by atoms with Crippen LogP contribution in [0.1, 0.15) is 52.4 Å². The normalized spacial score (nSPS) is 10.6. The lowest BCUT2D eigenvalue weighted by molar-refractivity contribution is -0.119. The molecule has 3 heteroatoms.